The normalized spacial score (nSPS) is 11.2. The van der Waals surface area contributed by atoms with Crippen LogP contribution >= 0.6 is 0 Å². The zero-order valence-electron chi connectivity index (χ0n) is 19.5. The maximum absolute atomic E-state index is 13.4. The average Bonchev–Trinajstić information content (AvgIpc) is 2.88. The molecule has 0 radical (unpaired) electrons. The van der Waals surface area contributed by atoms with Crippen LogP contribution in [0.15, 0.2) is 82.4 Å². The largest absolute Gasteiger partial charge is 0.461 e. The molecule has 3 aromatic carbocycles. The van der Waals surface area contributed by atoms with Crippen molar-refractivity contribution in [1.29, 1.82) is 0 Å². The third-order valence-corrected chi connectivity index (χ3v) is 6.01. The number of hydrogen-bond acceptors (Lipinski definition) is 6. The van der Waals surface area contributed by atoms with Crippen LogP contribution < -0.4 is 10.9 Å². The Morgan fingerprint density at radius 1 is 0.806 bits per heavy atom. The molecule has 0 aliphatic rings. The summed E-state index contributed by atoms with van der Waals surface area (Å²) in [6.07, 6.45) is 0. The number of aromatic amines is 1. The van der Waals surface area contributed by atoms with Crippen molar-refractivity contribution in [3.05, 3.63) is 93.3 Å². The van der Waals surface area contributed by atoms with Gasteiger partial charge in [-0.1, -0.05) is 30.8 Å². The summed E-state index contributed by atoms with van der Waals surface area (Å²) in [5.41, 5.74) is 2.07. The number of carbonyl (C=O) groups excluding carboxylic acids is 2. The molecule has 2 aromatic heterocycles. The summed E-state index contributed by atoms with van der Waals surface area (Å²) in [5.74, 6) is -1.14. The molecule has 0 unspecified atom stereocenters. The molecule has 0 saturated carbocycles. The summed E-state index contributed by atoms with van der Waals surface area (Å²) in [6, 6.07) is 17.4. The summed E-state index contributed by atoms with van der Waals surface area (Å²) < 4.78 is 11.9. The number of fused-ring (bicyclic) bond motifs is 4. The number of aromatic nitrogens is 2. The third kappa shape index (κ3) is 4.02. The molecule has 180 valence electrons. The number of pyridine rings is 2. The summed E-state index contributed by atoms with van der Waals surface area (Å²) in [4.78, 5) is 54.1. The highest BCUT2D eigenvalue weighted by molar-refractivity contribution is 6.03. The smallest absolute Gasteiger partial charge is 0.333 e. The van der Waals surface area contributed by atoms with E-state index in [0.29, 0.717) is 43.6 Å². The van der Waals surface area contributed by atoms with E-state index in [4.69, 9.17) is 9.47 Å². The van der Waals surface area contributed by atoms with Gasteiger partial charge in [0, 0.05) is 32.6 Å². The molecule has 36 heavy (non-hydrogen) atoms. The van der Waals surface area contributed by atoms with E-state index in [1.165, 1.54) is 6.92 Å². The molecule has 5 aromatic rings. The molecule has 0 bridgehead atoms. The summed E-state index contributed by atoms with van der Waals surface area (Å²) in [6.45, 7) is 4.60. The first-order valence-electron chi connectivity index (χ1n) is 11.3. The minimum Gasteiger partial charge on any atom is -0.461 e. The molecule has 0 atom stereocenters. The van der Waals surface area contributed by atoms with Crippen molar-refractivity contribution < 1.29 is 19.1 Å². The number of esters is 2. The lowest BCUT2D eigenvalue weighted by Crippen LogP contribution is -2.20. The average molecular weight is 482 g/mol. The van der Waals surface area contributed by atoms with Crippen molar-refractivity contribution in [2.45, 2.75) is 13.5 Å². The molecule has 0 amide bonds. The number of benzene rings is 3. The van der Waals surface area contributed by atoms with Gasteiger partial charge in [-0.05, 0) is 43.3 Å². The molecule has 8 nitrogen and oxygen atoms in total. The van der Waals surface area contributed by atoms with E-state index in [1.807, 2.05) is 12.1 Å². The SMILES string of the molecule is C=C(C)C(=O)OCCOC(=O)Cn1c2ccccc2c(=O)c2cc3[nH]c4ccccc4c(=O)c3cc21. The number of carbonyl (C=O) groups is 2. The summed E-state index contributed by atoms with van der Waals surface area (Å²) in [7, 11) is 0. The van der Waals surface area contributed by atoms with Crippen molar-refractivity contribution in [3.8, 4) is 0 Å². The van der Waals surface area contributed by atoms with Gasteiger partial charge >= 0.3 is 11.9 Å². The number of H-pyrrole nitrogens is 1. The highest BCUT2D eigenvalue weighted by Crippen LogP contribution is 2.24. The van der Waals surface area contributed by atoms with Crippen LogP contribution in [0.2, 0.25) is 0 Å². The molecule has 0 aliphatic carbocycles. The van der Waals surface area contributed by atoms with Gasteiger partial charge in [-0.2, -0.15) is 0 Å². The second-order valence-electron chi connectivity index (χ2n) is 8.48. The zero-order valence-corrected chi connectivity index (χ0v) is 19.5. The molecule has 0 fully saturated rings. The molecule has 0 spiro atoms. The molecule has 8 heteroatoms. The van der Waals surface area contributed by atoms with E-state index in [-0.39, 0.29) is 36.2 Å². The van der Waals surface area contributed by atoms with E-state index in [2.05, 4.69) is 11.6 Å². The van der Waals surface area contributed by atoms with Crippen molar-refractivity contribution in [1.82, 2.24) is 9.55 Å². The van der Waals surface area contributed by atoms with Gasteiger partial charge in [0.2, 0.25) is 0 Å². The lowest BCUT2D eigenvalue weighted by atomic mass is 10.0. The molecule has 0 aliphatic heterocycles. The molecule has 2 heterocycles. The second-order valence-corrected chi connectivity index (χ2v) is 8.48. The predicted octanol–water partition coefficient (Wildman–Crippen LogP) is 3.81. The third-order valence-electron chi connectivity index (χ3n) is 6.01. The highest BCUT2D eigenvalue weighted by atomic mass is 16.6. The number of para-hydroxylation sites is 2. The van der Waals surface area contributed by atoms with Crippen LogP contribution in [0.3, 0.4) is 0 Å². The number of ether oxygens (including phenoxy) is 2. The Morgan fingerprint density at radius 3 is 2.25 bits per heavy atom. The van der Waals surface area contributed by atoms with Crippen molar-refractivity contribution in [3.63, 3.8) is 0 Å². The van der Waals surface area contributed by atoms with Crippen molar-refractivity contribution in [2.24, 2.45) is 0 Å². The maximum atomic E-state index is 13.4. The number of rotatable bonds is 6. The monoisotopic (exact) mass is 482 g/mol. The van der Waals surface area contributed by atoms with E-state index < -0.39 is 11.9 Å². The van der Waals surface area contributed by atoms with Crippen molar-refractivity contribution in [2.75, 3.05) is 13.2 Å². The zero-order chi connectivity index (χ0) is 25.4. The van der Waals surface area contributed by atoms with Crippen molar-refractivity contribution >= 4 is 55.6 Å². The van der Waals surface area contributed by atoms with Gasteiger partial charge in [0.05, 0.1) is 16.6 Å². The quantitative estimate of drug-likeness (QED) is 0.171. The Bertz CT molecular complexity index is 1830. The van der Waals surface area contributed by atoms with Gasteiger partial charge in [0.15, 0.2) is 10.9 Å². The minimum absolute atomic E-state index is 0.101. The van der Waals surface area contributed by atoms with Crippen LogP contribution in [0.5, 0.6) is 0 Å². The summed E-state index contributed by atoms with van der Waals surface area (Å²) in [5, 5.41) is 1.75. The Morgan fingerprint density at radius 2 is 1.47 bits per heavy atom. The van der Waals surface area contributed by atoms with E-state index in [0.717, 1.165) is 0 Å². The fourth-order valence-electron chi connectivity index (χ4n) is 4.30. The van der Waals surface area contributed by atoms with Gasteiger partial charge in [-0.15, -0.1) is 0 Å². The van der Waals surface area contributed by atoms with Gasteiger partial charge in [-0.3, -0.25) is 14.4 Å². The molecular weight excluding hydrogens is 460 g/mol. The van der Waals surface area contributed by atoms with Crippen LogP contribution in [0.4, 0.5) is 0 Å². The number of hydrogen-bond donors (Lipinski definition) is 1. The van der Waals surface area contributed by atoms with Gasteiger partial charge in [-0.25, -0.2) is 4.79 Å². The Labute approximate surface area is 204 Å². The van der Waals surface area contributed by atoms with Crippen LogP contribution in [0, 0.1) is 0 Å². The van der Waals surface area contributed by atoms with E-state index in [9.17, 15) is 19.2 Å². The predicted molar refractivity (Wildman–Crippen MR) is 138 cm³/mol. The minimum atomic E-state index is -0.580. The summed E-state index contributed by atoms with van der Waals surface area (Å²) >= 11 is 0. The topological polar surface area (TPSA) is 107 Å². The van der Waals surface area contributed by atoms with Gasteiger partial charge in [0.25, 0.3) is 0 Å². The first-order chi connectivity index (χ1) is 17.3. The first kappa shape index (κ1) is 23.0. The lowest BCUT2D eigenvalue weighted by Gasteiger charge is -2.16. The van der Waals surface area contributed by atoms with Crippen LogP contribution in [-0.2, 0) is 25.6 Å². The lowest BCUT2D eigenvalue weighted by molar-refractivity contribution is -0.150. The van der Waals surface area contributed by atoms with E-state index >= 15 is 0 Å². The van der Waals surface area contributed by atoms with Gasteiger partial charge in [0.1, 0.15) is 19.8 Å². The van der Waals surface area contributed by atoms with Gasteiger partial charge < -0.3 is 19.0 Å². The molecule has 1 N–H and O–H groups in total. The Kier molecular flexibility index (Phi) is 5.85. The fraction of sp³-hybridized carbons (Fsp3) is 0.143. The fourth-order valence-corrected chi connectivity index (χ4v) is 4.30. The van der Waals surface area contributed by atoms with E-state index in [1.54, 1.807) is 53.1 Å². The van der Waals surface area contributed by atoms with Crippen LogP contribution in [-0.4, -0.2) is 34.7 Å². The standard InChI is InChI=1S/C28H22N2O6/c1-16(2)28(34)36-12-11-35-25(31)15-30-23-10-6-4-8-18(23)27(33)20-13-22-19(14-24(20)30)26(32)17-7-3-5-9-21(17)29-22/h3-10,13-14H,1,11-12,15H2,2H3,(H,29,32). The molecule has 5 rings (SSSR count). The molecular formula is C28H22N2O6. The Balaban J connectivity index is 1.61. The molecule has 0 saturated heterocycles. The number of nitrogens with one attached hydrogen (secondary N) is 1. The first-order valence-corrected chi connectivity index (χ1v) is 11.3. The maximum Gasteiger partial charge on any atom is 0.333 e. The highest BCUT2D eigenvalue weighted by Gasteiger charge is 2.17. The Hall–Kier alpha value is -4.72. The van der Waals surface area contributed by atoms with Crippen LogP contribution in [0.25, 0.3) is 43.6 Å². The number of nitrogens with zero attached hydrogens (tertiary/aromatic N) is 1. The van der Waals surface area contributed by atoms with Crippen LogP contribution in [0.1, 0.15) is 6.92 Å². The second kappa shape index (κ2) is 9.14.